The molecule has 0 spiro atoms. The van der Waals surface area contributed by atoms with E-state index in [-0.39, 0.29) is 5.54 Å². The van der Waals surface area contributed by atoms with Crippen LogP contribution in [0.15, 0.2) is 53.3 Å². The fourth-order valence-corrected chi connectivity index (χ4v) is 3.27. The van der Waals surface area contributed by atoms with Gasteiger partial charge in [-0.15, -0.1) is 0 Å². The van der Waals surface area contributed by atoms with Crippen molar-refractivity contribution in [3.63, 3.8) is 0 Å². The van der Waals surface area contributed by atoms with Crippen LogP contribution in [0, 0.1) is 0 Å². The zero-order chi connectivity index (χ0) is 14.7. The number of rotatable bonds is 4. The van der Waals surface area contributed by atoms with E-state index in [1.165, 1.54) is 11.1 Å². The lowest BCUT2D eigenvalue weighted by atomic mass is 9.87. The summed E-state index contributed by atoms with van der Waals surface area (Å²) in [5.41, 5.74) is 2.62. The molecule has 2 heterocycles. The summed E-state index contributed by atoms with van der Waals surface area (Å²) in [7, 11) is 0. The number of hydrogen-bond donors (Lipinski definition) is 1. The molecule has 1 saturated heterocycles. The molecule has 1 fully saturated rings. The van der Waals surface area contributed by atoms with E-state index in [1.807, 2.05) is 6.26 Å². The topological polar surface area (TPSA) is 28.4 Å². The predicted octanol–water partition coefficient (Wildman–Crippen LogP) is 3.38. The molecule has 0 bridgehead atoms. The Morgan fingerprint density at radius 1 is 1.29 bits per heavy atom. The highest BCUT2D eigenvalue weighted by atomic mass is 16.3. The summed E-state index contributed by atoms with van der Waals surface area (Å²) in [5, 5.41) is 3.76. The number of piperazine rings is 1. The molecule has 112 valence electrons. The van der Waals surface area contributed by atoms with E-state index in [9.17, 15) is 0 Å². The summed E-state index contributed by atoms with van der Waals surface area (Å²) in [6.45, 7) is 7.57. The third-order valence-corrected chi connectivity index (χ3v) is 4.61. The van der Waals surface area contributed by atoms with Crippen molar-refractivity contribution in [1.82, 2.24) is 10.2 Å². The molecular weight excluding hydrogens is 260 g/mol. The van der Waals surface area contributed by atoms with E-state index in [0.29, 0.717) is 6.04 Å². The molecule has 1 N–H and O–H groups in total. The highest BCUT2D eigenvalue weighted by Gasteiger charge is 2.36. The van der Waals surface area contributed by atoms with Gasteiger partial charge in [-0.3, -0.25) is 4.90 Å². The van der Waals surface area contributed by atoms with Crippen LogP contribution in [0.3, 0.4) is 0 Å². The second-order valence-electron chi connectivity index (χ2n) is 6.18. The van der Waals surface area contributed by atoms with Gasteiger partial charge in [0.1, 0.15) is 0 Å². The Bertz CT molecular complexity index is 552. The van der Waals surface area contributed by atoms with Crippen LogP contribution in [0.25, 0.3) is 0 Å². The van der Waals surface area contributed by atoms with E-state index >= 15 is 0 Å². The molecule has 2 aromatic rings. The van der Waals surface area contributed by atoms with Gasteiger partial charge in [-0.05, 0) is 25.0 Å². The van der Waals surface area contributed by atoms with Crippen LogP contribution in [0.1, 0.15) is 31.4 Å². The molecule has 0 aliphatic carbocycles. The molecule has 2 atom stereocenters. The van der Waals surface area contributed by atoms with Gasteiger partial charge in [-0.25, -0.2) is 0 Å². The number of benzene rings is 1. The van der Waals surface area contributed by atoms with Crippen molar-refractivity contribution >= 4 is 0 Å². The van der Waals surface area contributed by atoms with E-state index in [1.54, 1.807) is 6.26 Å². The highest BCUT2D eigenvalue weighted by molar-refractivity contribution is 5.25. The minimum Gasteiger partial charge on any atom is -0.472 e. The number of nitrogens with zero attached hydrogens (tertiary/aromatic N) is 1. The molecule has 3 rings (SSSR count). The minimum atomic E-state index is 0.0106. The second kappa shape index (κ2) is 6.04. The van der Waals surface area contributed by atoms with Crippen molar-refractivity contribution in [2.45, 2.75) is 38.4 Å². The molecule has 0 radical (unpaired) electrons. The maximum absolute atomic E-state index is 5.22. The maximum atomic E-state index is 5.22. The molecule has 3 nitrogen and oxygen atoms in total. The average Bonchev–Trinajstić information content (AvgIpc) is 3.01. The zero-order valence-corrected chi connectivity index (χ0v) is 12.9. The van der Waals surface area contributed by atoms with Crippen molar-refractivity contribution in [3.8, 4) is 0 Å². The molecule has 1 aliphatic heterocycles. The van der Waals surface area contributed by atoms with Gasteiger partial charge in [0.05, 0.1) is 18.1 Å². The summed E-state index contributed by atoms with van der Waals surface area (Å²) >= 11 is 0. The maximum Gasteiger partial charge on any atom is 0.0947 e. The van der Waals surface area contributed by atoms with Crippen LogP contribution >= 0.6 is 0 Å². The first-order valence-electron chi connectivity index (χ1n) is 7.77. The van der Waals surface area contributed by atoms with Crippen molar-refractivity contribution in [2.75, 3.05) is 13.1 Å². The van der Waals surface area contributed by atoms with E-state index in [2.05, 4.69) is 60.5 Å². The second-order valence-corrected chi connectivity index (χ2v) is 6.18. The molecule has 1 aromatic carbocycles. The van der Waals surface area contributed by atoms with Crippen molar-refractivity contribution in [3.05, 3.63) is 60.1 Å². The molecule has 21 heavy (non-hydrogen) atoms. The van der Waals surface area contributed by atoms with Crippen molar-refractivity contribution in [2.24, 2.45) is 0 Å². The summed E-state index contributed by atoms with van der Waals surface area (Å²) in [4.78, 5) is 2.58. The average molecular weight is 284 g/mol. The SMILES string of the molecule is CCC1CNC(C)(c2ccccc2)CN1Cc1ccoc1. The van der Waals surface area contributed by atoms with Gasteiger partial charge in [0.15, 0.2) is 0 Å². The van der Waals surface area contributed by atoms with Gasteiger partial charge >= 0.3 is 0 Å². The Kier molecular flexibility index (Phi) is 4.13. The Labute approximate surface area is 127 Å². The van der Waals surface area contributed by atoms with Crippen LogP contribution in [-0.4, -0.2) is 24.0 Å². The standard InChI is InChI=1S/C18H24N2O/c1-3-17-11-19-18(2,16-7-5-4-6-8-16)14-20(17)12-15-9-10-21-13-15/h4-10,13,17,19H,3,11-12,14H2,1-2H3. The highest BCUT2D eigenvalue weighted by Crippen LogP contribution is 2.28. The quantitative estimate of drug-likeness (QED) is 0.933. The first-order valence-corrected chi connectivity index (χ1v) is 7.77. The largest absolute Gasteiger partial charge is 0.472 e. The lowest BCUT2D eigenvalue weighted by molar-refractivity contribution is 0.0762. The molecule has 2 unspecified atom stereocenters. The van der Waals surface area contributed by atoms with Crippen LogP contribution in [-0.2, 0) is 12.1 Å². The Balaban J connectivity index is 1.80. The number of furan rings is 1. The third-order valence-electron chi connectivity index (χ3n) is 4.61. The monoisotopic (exact) mass is 284 g/mol. The third kappa shape index (κ3) is 3.04. The fourth-order valence-electron chi connectivity index (χ4n) is 3.27. The normalized spacial score (nSPS) is 26.9. The molecular formula is C18H24N2O. The van der Waals surface area contributed by atoms with Crippen LogP contribution in [0.2, 0.25) is 0 Å². The van der Waals surface area contributed by atoms with Crippen molar-refractivity contribution < 1.29 is 4.42 Å². The van der Waals surface area contributed by atoms with E-state index < -0.39 is 0 Å². The first kappa shape index (κ1) is 14.4. The van der Waals surface area contributed by atoms with Gasteiger partial charge in [0, 0.05) is 31.2 Å². The lowest BCUT2D eigenvalue weighted by Gasteiger charge is -2.46. The minimum absolute atomic E-state index is 0.0106. The van der Waals surface area contributed by atoms with Gasteiger partial charge in [-0.2, -0.15) is 0 Å². The number of hydrogen-bond acceptors (Lipinski definition) is 3. The number of nitrogens with one attached hydrogen (secondary N) is 1. The fraction of sp³-hybridized carbons (Fsp3) is 0.444. The van der Waals surface area contributed by atoms with E-state index in [0.717, 1.165) is 26.1 Å². The molecule has 1 aromatic heterocycles. The summed E-state index contributed by atoms with van der Waals surface area (Å²) in [5.74, 6) is 0. The van der Waals surface area contributed by atoms with Gasteiger partial charge in [0.25, 0.3) is 0 Å². The van der Waals surface area contributed by atoms with E-state index in [4.69, 9.17) is 4.42 Å². The Morgan fingerprint density at radius 2 is 2.10 bits per heavy atom. The van der Waals surface area contributed by atoms with Gasteiger partial charge < -0.3 is 9.73 Å². The Hall–Kier alpha value is -1.58. The van der Waals surface area contributed by atoms with Gasteiger partial charge in [0.2, 0.25) is 0 Å². The molecule has 1 aliphatic rings. The summed E-state index contributed by atoms with van der Waals surface area (Å²) < 4.78 is 5.22. The molecule has 0 saturated carbocycles. The van der Waals surface area contributed by atoms with Crippen LogP contribution in [0.5, 0.6) is 0 Å². The summed E-state index contributed by atoms with van der Waals surface area (Å²) in [6.07, 6.45) is 4.78. The first-order chi connectivity index (χ1) is 10.2. The molecule has 0 amide bonds. The summed E-state index contributed by atoms with van der Waals surface area (Å²) in [6, 6.07) is 13.4. The Morgan fingerprint density at radius 3 is 2.76 bits per heavy atom. The van der Waals surface area contributed by atoms with Crippen LogP contribution in [0.4, 0.5) is 0 Å². The van der Waals surface area contributed by atoms with Crippen molar-refractivity contribution in [1.29, 1.82) is 0 Å². The smallest absolute Gasteiger partial charge is 0.0947 e. The lowest BCUT2D eigenvalue weighted by Crippen LogP contribution is -2.60. The van der Waals surface area contributed by atoms with Gasteiger partial charge in [-0.1, -0.05) is 37.3 Å². The zero-order valence-electron chi connectivity index (χ0n) is 12.9. The van der Waals surface area contributed by atoms with Crippen LogP contribution < -0.4 is 5.32 Å². The molecule has 3 heteroatoms. The predicted molar refractivity (Wildman–Crippen MR) is 85.0 cm³/mol.